The molecule has 1 unspecified atom stereocenters. The maximum absolute atomic E-state index is 13.6. The second kappa shape index (κ2) is 6.25. The third-order valence-electron chi connectivity index (χ3n) is 4.26. The zero-order valence-electron chi connectivity index (χ0n) is 13.1. The number of amides is 2. The van der Waals surface area contributed by atoms with Crippen molar-refractivity contribution in [3.8, 4) is 0 Å². The molecule has 1 aliphatic heterocycles. The molecule has 126 valence electrons. The van der Waals surface area contributed by atoms with E-state index < -0.39 is 11.7 Å². The van der Waals surface area contributed by atoms with Crippen molar-refractivity contribution in [3.63, 3.8) is 0 Å². The summed E-state index contributed by atoms with van der Waals surface area (Å²) in [5.41, 5.74) is 4.62. The van der Waals surface area contributed by atoms with Gasteiger partial charge in [-0.3, -0.25) is 9.59 Å². The van der Waals surface area contributed by atoms with Crippen LogP contribution in [-0.2, 0) is 16.1 Å². The van der Waals surface area contributed by atoms with Crippen LogP contribution in [0.5, 0.6) is 0 Å². The molecule has 0 radical (unpaired) electrons. The van der Waals surface area contributed by atoms with E-state index in [4.69, 9.17) is 0 Å². The molecule has 1 atom stereocenters. The van der Waals surface area contributed by atoms with Gasteiger partial charge in [0.2, 0.25) is 11.8 Å². The first-order chi connectivity index (χ1) is 12.1. The molecule has 1 aliphatic rings. The molecule has 2 N–H and O–H groups in total. The highest BCUT2D eigenvalue weighted by Gasteiger charge is 2.31. The lowest BCUT2D eigenvalue weighted by Gasteiger charge is -2.25. The molecule has 0 saturated carbocycles. The lowest BCUT2D eigenvalue weighted by atomic mass is 9.89. The highest BCUT2D eigenvalue weighted by molar-refractivity contribution is 7.16. The molecule has 7 heteroatoms. The molecule has 5 nitrogen and oxygen atoms in total. The monoisotopic (exact) mass is 355 g/mol. The Morgan fingerprint density at radius 2 is 2.24 bits per heavy atom. The van der Waals surface area contributed by atoms with Gasteiger partial charge in [-0.2, -0.15) is 0 Å². The number of aromatic nitrogens is 1. The van der Waals surface area contributed by atoms with Crippen LogP contribution < -0.4 is 10.6 Å². The summed E-state index contributed by atoms with van der Waals surface area (Å²) in [5, 5.41) is 5.54. The molecule has 2 amide bonds. The van der Waals surface area contributed by atoms with Gasteiger partial charge in [-0.15, -0.1) is 11.3 Å². The Labute approximate surface area is 146 Å². The molecule has 2 heterocycles. The predicted octanol–water partition coefficient (Wildman–Crippen LogP) is 3.18. The van der Waals surface area contributed by atoms with Crippen LogP contribution in [-0.4, -0.2) is 16.8 Å². The summed E-state index contributed by atoms with van der Waals surface area (Å²) in [6.45, 7) is 0.334. The number of anilines is 1. The number of benzene rings is 2. The zero-order valence-corrected chi connectivity index (χ0v) is 13.9. The second-order valence-corrected chi connectivity index (χ2v) is 6.73. The molecule has 0 saturated heterocycles. The van der Waals surface area contributed by atoms with Crippen LogP contribution in [0, 0.1) is 5.82 Å². The van der Waals surface area contributed by atoms with Crippen molar-refractivity contribution in [2.75, 3.05) is 5.32 Å². The summed E-state index contributed by atoms with van der Waals surface area (Å²) in [4.78, 5) is 28.7. The van der Waals surface area contributed by atoms with Crippen molar-refractivity contribution >= 4 is 39.1 Å². The molecule has 1 aromatic heterocycles. The van der Waals surface area contributed by atoms with Gasteiger partial charge in [-0.1, -0.05) is 12.1 Å². The number of carbonyl (C=O) groups excluding carboxylic acids is 2. The van der Waals surface area contributed by atoms with E-state index in [1.807, 2.05) is 18.2 Å². The Hall–Kier alpha value is -2.80. The molecule has 0 fully saturated rings. The van der Waals surface area contributed by atoms with Crippen LogP contribution in [0.15, 0.2) is 41.9 Å². The van der Waals surface area contributed by atoms with E-state index >= 15 is 0 Å². The number of thiazole rings is 1. The van der Waals surface area contributed by atoms with E-state index in [9.17, 15) is 14.0 Å². The average Bonchev–Trinajstić information content (AvgIpc) is 3.08. The van der Waals surface area contributed by atoms with E-state index in [1.165, 1.54) is 29.5 Å². The first-order valence-electron chi connectivity index (χ1n) is 7.80. The van der Waals surface area contributed by atoms with Gasteiger partial charge in [0.05, 0.1) is 21.6 Å². The molecular formula is C18H14FN3O2S. The van der Waals surface area contributed by atoms with Gasteiger partial charge < -0.3 is 10.6 Å². The van der Waals surface area contributed by atoms with Crippen LogP contribution in [0.2, 0.25) is 0 Å². The lowest BCUT2D eigenvalue weighted by Crippen LogP contribution is -2.34. The molecule has 3 aromatic rings. The zero-order chi connectivity index (χ0) is 17.4. The highest BCUT2D eigenvalue weighted by atomic mass is 32.1. The van der Waals surface area contributed by atoms with E-state index in [0.717, 1.165) is 15.8 Å². The SMILES string of the molecule is O=C1CC(C(=O)NCc2cccc3ncsc23)c2cc(F)ccc2N1. The Morgan fingerprint density at radius 3 is 3.12 bits per heavy atom. The van der Waals surface area contributed by atoms with Crippen LogP contribution in [0.25, 0.3) is 10.2 Å². The molecule has 4 rings (SSSR count). The van der Waals surface area contributed by atoms with Crippen molar-refractivity contribution < 1.29 is 14.0 Å². The Morgan fingerprint density at radius 1 is 1.36 bits per heavy atom. The van der Waals surface area contributed by atoms with Crippen LogP contribution in [0.1, 0.15) is 23.5 Å². The van der Waals surface area contributed by atoms with Crippen molar-refractivity contribution in [1.82, 2.24) is 10.3 Å². The van der Waals surface area contributed by atoms with Crippen molar-refractivity contribution in [3.05, 3.63) is 58.9 Å². The predicted molar refractivity (Wildman–Crippen MR) is 93.9 cm³/mol. The molecule has 2 aromatic carbocycles. The fourth-order valence-electron chi connectivity index (χ4n) is 3.06. The minimum atomic E-state index is -0.694. The number of hydrogen-bond acceptors (Lipinski definition) is 4. The molecule has 25 heavy (non-hydrogen) atoms. The first kappa shape index (κ1) is 15.7. The fourth-order valence-corrected chi connectivity index (χ4v) is 3.86. The summed E-state index contributed by atoms with van der Waals surface area (Å²) in [6, 6.07) is 9.80. The summed E-state index contributed by atoms with van der Waals surface area (Å²) in [6.07, 6.45) is 0.00699. The van der Waals surface area contributed by atoms with Gasteiger partial charge in [0.15, 0.2) is 0 Å². The standard InChI is InChI=1S/C18H14FN3O2S/c19-11-4-5-14-12(6-11)13(7-16(23)22-14)18(24)20-8-10-2-1-3-15-17(10)25-9-21-15/h1-6,9,13H,7-8H2,(H,20,24)(H,22,23). The lowest BCUT2D eigenvalue weighted by molar-refractivity contribution is -0.126. The van der Waals surface area contributed by atoms with Gasteiger partial charge in [0, 0.05) is 18.7 Å². The third-order valence-corrected chi connectivity index (χ3v) is 5.18. The maximum atomic E-state index is 13.6. The summed E-state index contributed by atoms with van der Waals surface area (Å²) >= 11 is 1.52. The van der Waals surface area contributed by atoms with E-state index in [2.05, 4.69) is 15.6 Å². The quantitative estimate of drug-likeness (QED) is 0.758. The minimum absolute atomic E-state index is 0.00699. The largest absolute Gasteiger partial charge is 0.351 e. The number of carbonyl (C=O) groups is 2. The van der Waals surface area contributed by atoms with Gasteiger partial charge in [-0.25, -0.2) is 9.37 Å². The van der Waals surface area contributed by atoms with Crippen LogP contribution >= 0.6 is 11.3 Å². The molecular weight excluding hydrogens is 341 g/mol. The normalized spacial score (nSPS) is 16.4. The number of halogens is 1. The number of nitrogens with one attached hydrogen (secondary N) is 2. The molecule has 0 spiro atoms. The summed E-state index contributed by atoms with van der Waals surface area (Å²) in [5.74, 6) is -1.66. The van der Waals surface area contributed by atoms with Crippen LogP contribution in [0.3, 0.4) is 0 Å². The number of hydrogen-bond donors (Lipinski definition) is 2. The van der Waals surface area contributed by atoms with Crippen molar-refractivity contribution in [1.29, 1.82) is 0 Å². The number of nitrogens with zero attached hydrogens (tertiary/aromatic N) is 1. The fraction of sp³-hybridized carbons (Fsp3) is 0.167. The second-order valence-electron chi connectivity index (χ2n) is 5.87. The Bertz CT molecular complexity index is 985. The summed E-state index contributed by atoms with van der Waals surface area (Å²) in [7, 11) is 0. The van der Waals surface area contributed by atoms with E-state index in [-0.39, 0.29) is 18.2 Å². The number of rotatable bonds is 3. The summed E-state index contributed by atoms with van der Waals surface area (Å²) < 4.78 is 14.6. The van der Waals surface area contributed by atoms with E-state index in [1.54, 1.807) is 5.51 Å². The topological polar surface area (TPSA) is 71.1 Å². The van der Waals surface area contributed by atoms with Crippen molar-refractivity contribution in [2.24, 2.45) is 0 Å². The Kier molecular flexibility index (Phi) is 3.93. The first-order valence-corrected chi connectivity index (χ1v) is 8.68. The minimum Gasteiger partial charge on any atom is -0.351 e. The third kappa shape index (κ3) is 2.98. The van der Waals surface area contributed by atoms with Gasteiger partial charge in [-0.05, 0) is 35.4 Å². The highest BCUT2D eigenvalue weighted by Crippen LogP contribution is 2.33. The van der Waals surface area contributed by atoms with Gasteiger partial charge in [0.25, 0.3) is 0 Å². The van der Waals surface area contributed by atoms with Crippen molar-refractivity contribution in [2.45, 2.75) is 18.9 Å². The number of fused-ring (bicyclic) bond motifs is 2. The smallest absolute Gasteiger partial charge is 0.228 e. The average molecular weight is 355 g/mol. The van der Waals surface area contributed by atoms with Crippen LogP contribution in [0.4, 0.5) is 10.1 Å². The Balaban J connectivity index is 1.56. The molecule has 0 bridgehead atoms. The van der Waals surface area contributed by atoms with Gasteiger partial charge >= 0.3 is 0 Å². The van der Waals surface area contributed by atoms with Gasteiger partial charge in [0.1, 0.15) is 5.82 Å². The maximum Gasteiger partial charge on any atom is 0.228 e. The molecule has 0 aliphatic carbocycles. The van der Waals surface area contributed by atoms with E-state index in [0.29, 0.717) is 17.8 Å².